The molecular weight excluding hydrogens is 216 g/mol. The van der Waals surface area contributed by atoms with Gasteiger partial charge in [0.15, 0.2) is 0 Å². The summed E-state index contributed by atoms with van der Waals surface area (Å²) in [6.45, 7) is 3.56. The topological polar surface area (TPSA) is 42.4 Å². The number of hydrogen-bond donors (Lipinski definition) is 0. The Bertz CT molecular complexity index is 327. The first-order chi connectivity index (χ1) is 8.27. The first kappa shape index (κ1) is 13.6. The highest BCUT2D eigenvalue weighted by molar-refractivity contribution is 5.77. The van der Waals surface area contributed by atoms with Crippen molar-refractivity contribution < 1.29 is 9.53 Å². The van der Waals surface area contributed by atoms with E-state index in [0.29, 0.717) is 6.54 Å². The Morgan fingerprint density at radius 3 is 2.88 bits per heavy atom. The molecule has 0 bridgehead atoms. The summed E-state index contributed by atoms with van der Waals surface area (Å²) in [6, 6.07) is 5.73. The van der Waals surface area contributed by atoms with Gasteiger partial charge in [-0.2, -0.15) is 0 Å². The summed E-state index contributed by atoms with van der Waals surface area (Å²) in [6.07, 6.45) is 3.81. The number of carbonyl (C=O) groups is 1. The van der Waals surface area contributed by atoms with E-state index in [2.05, 4.69) is 11.9 Å². The fourth-order valence-corrected chi connectivity index (χ4v) is 1.54. The Labute approximate surface area is 103 Å². The number of methoxy groups -OCH3 is 1. The molecule has 4 heteroatoms. The first-order valence-electron chi connectivity index (χ1n) is 5.94. The zero-order valence-corrected chi connectivity index (χ0v) is 10.6. The smallest absolute Gasteiger partial charge is 0.248 e. The Balaban J connectivity index is 2.59. The van der Waals surface area contributed by atoms with Gasteiger partial charge in [0.1, 0.15) is 6.61 Å². The highest BCUT2D eigenvalue weighted by Gasteiger charge is 2.13. The third kappa shape index (κ3) is 4.95. The molecule has 0 unspecified atom stereocenters. The number of ether oxygens (including phenoxy) is 1. The Morgan fingerprint density at radius 2 is 2.29 bits per heavy atom. The highest BCUT2D eigenvalue weighted by atomic mass is 16.5. The van der Waals surface area contributed by atoms with Gasteiger partial charge in [0, 0.05) is 19.9 Å². The summed E-state index contributed by atoms with van der Waals surface area (Å²) in [4.78, 5) is 17.9. The number of pyridine rings is 1. The number of aromatic nitrogens is 1. The van der Waals surface area contributed by atoms with Crippen molar-refractivity contribution in [2.45, 2.75) is 26.3 Å². The lowest BCUT2D eigenvalue weighted by Gasteiger charge is -2.21. The lowest BCUT2D eigenvalue weighted by molar-refractivity contribution is -0.135. The van der Waals surface area contributed by atoms with Gasteiger partial charge in [-0.3, -0.25) is 9.78 Å². The number of rotatable bonds is 7. The standard InChI is InChI=1S/C13H20N2O2/c1-3-4-9-15(13(16)11-17-2)10-12-7-5-6-8-14-12/h5-8H,3-4,9-11H2,1-2H3. The second-order valence-electron chi connectivity index (χ2n) is 3.92. The molecule has 0 N–H and O–H groups in total. The van der Waals surface area contributed by atoms with Crippen LogP contribution in [0.3, 0.4) is 0 Å². The maximum absolute atomic E-state index is 11.8. The van der Waals surface area contributed by atoms with Gasteiger partial charge in [-0.05, 0) is 18.6 Å². The third-order valence-corrected chi connectivity index (χ3v) is 2.48. The maximum Gasteiger partial charge on any atom is 0.248 e. The minimum atomic E-state index is 0.0200. The molecule has 0 radical (unpaired) electrons. The second kappa shape index (κ2) is 7.79. The molecule has 4 nitrogen and oxygen atoms in total. The summed E-state index contributed by atoms with van der Waals surface area (Å²) in [5, 5.41) is 0. The minimum absolute atomic E-state index is 0.0200. The zero-order chi connectivity index (χ0) is 12.5. The molecule has 94 valence electrons. The van der Waals surface area contributed by atoms with E-state index >= 15 is 0 Å². The van der Waals surface area contributed by atoms with Crippen LogP contribution in [0.1, 0.15) is 25.5 Å². The Morgan fingerprint density at radius 1 is 1.47 bits per heavy atom. The number of carbonyl (C=O) groups excluding carboxylic acids is 1. The van der Waals surface area contributed by atoms with E-state index < -0.39 is 0 Å². The summed E-state index contributed by atoms with van der Waals surface area (Å²) in [7, 11) is 1.54. The van der Waals surface area contributed by atoms with Crippen molar-refractivity contribution in [1.29, 1.82) is 0 Å². The van der Waals surface area contributed by atoms with E-state index in [0.717, 1.165) is 25.1 Å². The van der Waals surface area contributed by atoms with E-state index in [-0.39, 0.29) is 12.5 Å². The van der Waals surface area contributed by atoms with Crippen molar-refractivity contribution in [3.8, 4) is 0 Å². The van der Waals surface area contributed by atoms with Crippen LogP contribution in [0.2, 0.25) is 0 Å². The highest BCUT2D eigenvalue weighted by Crippen LogP contribution is 2.04. The summed E-state index contributed by atoms with van der Waals surface area (Å²) in [5.74, 6) is 0.0200. The number of amides is 1. The Kier molecular flexibility index (Phi) is 6.25. The summed E-state index contributed by atoms with van der Waals surface area (Å²) >= 11 is 0. The van der Waals surface area contributed by atoms with Crippen LogP contribution in [0.4, 0.5) is 0 Å². The monoisotopic (exact) mass is 236 g/mol. The van der Waals surface area contributed by atoms with E-state index in [1.165, 1.54) is 7.11 Å². The van der Waals surface area contributed by atoms with Crippen LogP contribution in [-0.4, -0.2) is 36.1 Å². The van der Waals surface area contributed by atoms with Gasteiger partial charge in [-0.1, -0.05) is 19.4 Å². The molecule has 1 aromatic heterocycles. The normalized spacial score (nSPS) is 10.2. The van der Waals surface area contributed by atoms with Crippen LogP contribution < -0.4 is 0 Å². The predicted molar refractivity (Wildman–Crippen MR) is 66.4 cm³/mol. The molecule has 0 aliphatic rings. The molecule has 0 aliphatic carbocycles. The Hall–Kier alpha value is -1.42. The van der Waals surface area contributed by atoms with Gasteiger partial charge < -0.3 is 9.64 Å². The van der Waals surface area contributed by atoms with Crippen LogP contribution in [0.15, 0.2) is 24.4 Å². The van der Waals surface area contributed by atoms with Gasteiger partial charge in [0.25, 0.3) is 0 Å². The molecule has 1 rings (SSSR count). The number of hydrogen-bond acceptors (Lipinski definition) is 3. The van der Waals surface area contributed by atoms with E-state index in [1.54, 1.807) is 11.1 Å². The van der Waals surface area contributed by atoms with Gasteiger partial charge in [0.2, 0.25) is 5.91 Å². The van der Waals surface area contributed by atoms with E-state index in [9.17, 15) is 4.79 Å². The van der Waals surface area contributed by atoms with Crippen molar-refractivity contribution in [3.05, 3.63) is 30.1 Å². The molecule has 0 saturated heterocycles. The molecule has 1 amide bonds. The largest absolute Gasteiger partial charge is 0.375 e. The van der Waals surface area contributed by atoms with Crippen molar-refractivity contribution in [3.63, 3.8) is 0 Å². The lowest BCUT2D eigenvalue weighted by Crippen LogP contribution is -2.34. The van der Waals surface area contributed by atoms with Crippen molar-refractivity contribution in [2.24, 2.45) is 0 Å². The molecule has 17 heavy (non-hydrogen) atoms. The van der Waals surface area contributed by atoms with E-state index in [1.807, 2.05) is 18.2 Å². The zero-order valence-electron chi connectivity index (χ0n) is 10.6. The van der Waals surface area contributed by atoms with Gasteiger partial charge in [0.05, 0.1) is 12.2 Å². The molecule has 0 aromatic carbocycles. The SMILES string of the molecule is CCCCN(Cc1ccccn1)C(=O)COC. The van der Waals surface area contributed by atoms with Crippen molar-refractivity contribution >= 4 is 5.91 Å². The summed E-state index contributed by atoms with van der Waals surface area (Å²) < 4.78 is 4.89. The number of unbranched alkanes of at least 4 members (excludes halogenated alkanes) is 1. The molecule has 1 aromatic rings. The van der Waals surface area contributed by atoms with Crippen LogP contribution in [0, 0.1) is 0 Å². The van der Waals surface area contributed by atoms with Crippen molar-refractivity contribution in [2.75, 3.05) is 20.3 Å². The number of nitrogens with zero attached hydrogens (tertiary/aromatic N) is 2. The van der Waals surface area contributed by atoms with Crippen LogP contribution in [0.25, 0.3) is 0 Å². The molecule has 0 aliphatic heterocycles. The third-order valence-electron chi connectivity index (χ3n) is 2.48. The maximum atomic E-state index is 11.8. The molecule has 0 fully saturated rings. The van der Waals surface area contributed by atoms with Crippen LogP contribution in [0.5, 0.6) is 0 Å². The van der Waals surface area contributed by atoms with Crippen LogP contribution in [-0.2, 0) is 16.1 Å². The molecule has 0 saturated carbocycles. The molecule has 0 atom stereocenters. The molecule has 0 spiro atoms. The predicted octanol–water partition coefficient (Wildman–Crippen LogP) is 1.86. The van der Waals surface area contributed by atoms with E-state index in [4.69, 9.17) is 4.74 Å². The van der Waals surface area contributed by atoms with Gasteiger partial charge >= 0.3 is 0 Å². The quantitative estimate of drug-likeness (QED) is 0.725. The van der Waals surface area contributed by atoms with Gasteiger partial charge in [-0.25, -0.2) is 0 Å². The lowest BCUT2D eigenvalue weighted by atomic mass is 10.2. The fourth-order valence-electron chi connectivity index (χ4n) is 1.54. The van der Waals surface area contributed by atoms with Crippen molar-refractivity contribution in [1.82, 2.24) is 9.88 Å². The minimum Gasteiger partial charge on any atom is -0.375 e. The molecule has 1 heterocycles. The summed E-state index contributed by atoms with van der Waals surface area (Å²) in [5.41, 5.74) is 0.910. The average molecular weight is 236 g/mol. The fraction of sp³-hybridized carbons (Fsp3) is 0.538. The second-order valence-corrected chi connectivity index (χ2v) is 3.92. The average Bonchev–Trinajstić information content (AvgIpc) is 2.36. The first-order valence-corrected chi connectivity index (χ1v) is 5.94. The van der Waals surface area contributed by atoms with Crippen LogP contribution >= 0.6 is 0 Å². The van der Waals surface area contributed by atoms with Gasteiger partial charge in [-0.15, -0.1) is 0 Å². The molecular formula is C13H20N2O2.